The molecule has 3 rings (SSSR count). The Balaban J connectivity index is 1.48. The van der Waals surface area contributed by atoms with E-state index in [-0.39, 0.29) is 17.4 Å². The molecule has 5 heteroatoms. The van der Waals surface area contributed by atoms with Crippen LogP contribution in [0.2, 0.25) is 0 Å². The van der Waals surface area contributed by atoms with Gasteiger partial charge in [-0.2, -0.15) is 0 Å². The average molecular weight is 301 g/mol. The standard InChI is InChI=1S/C17H23N3O2/c21-15-17(8-4-10-18-15)9-12-20(13-17)16(22)19-11-7-14-5-2-1-3-6-14/h1-3,5-6H,4,7-13H2,(H,18,21)(H,19,22). The molecular formula is C17H23N3O2. The molecule has 2 heterocycles. The topological polar surface area (TPSA) is 61.4 Å². The molecule has 0 aliphatic carbocycles. The average Bonchev–Trinajstić information content (AvgIpc) is 2.97. The third kappa shape index (κ3) is 3.08. The van der Waals surface area contributed by atoms with Crippen molar-refractivity contribution >= 4 is 11.9 Å². The predicted octanol–water partition coefficient (Wildman–Crippen LogP) is 1.54. The van der Waals surface area contributed by atoms with Gasteiger partial charge in [0.25, 0.3) is 0 Å². The van der Waals surface area contributed by atoms with Crippen LogP contribution in [0, 0.1) is 5.41 Å². The predicted molar refractivity (Wildman–Crippen MR) is 84.4 cm³/mol. The summed E-state index contributed by atoms with van der Waals surface area (Å²) in [4.78, 5) is 26.2. The van der Waals surface area contributed by atoms with Crippen molar-refractivity contribution < 1.29 is 9.59 Å². The molecule has 0 bridgehead atoms. The Morgan fingerprint density at radius 2 is 2.09 bits per heavy atom. The summed E-state index contributed by atoms with van der Waals surface area (Å²) in [5, 5.41) is 5.91. The maximum absolute atomic E-state index is 12.3. The van der Waals surface area contributed by atoms with Gasteiger partial charge in [-0.05, 0) is 31.2 Å². The number of urea groups is 1. The first-order valence-corrected chi connectivity index (χ1v) is 8.05. The highest BCUT2D eigenvalue weighted by atomic mass is 16.2. The molecule has 0 radical (unpaired) electrons. The number of carbonyl (C=O) groups excluding carboxylic acids is 2. The Morgan fingerprint density at radius 3 is 2.86 bits per heavy atom. The van der Waals surface area contributed by atoms with Gasteiger partial charge in [0.2, 0.25) is 5.91 Å². The number of nitrogens with one attached hydrogen (secondary N) is 2. The number of carbonyl (C=O) groups is 2. The summed E-state index contributed by atoms with van der Waals surface area (Å²) in [6.45, 7) is 2.61. The zero-order chi connectivity index (χ0) is 15.4. The molecular weight excluding hydrogens is 278 g/mol. The lowest BCUT2D eigenvalue weighted by molar-refractivity contribution is -0.132. The van der Waals surface area contributed by atoms with E-state index < -0.39 is 0 Å². The van der Waals surface area contributed by atoms with Gasteiger partial charge < -0.3 is 15.5 Å². The molecule has 1 aromatic rings. The van der Waals surface area contributed by atoms with Crippen LogP contribution in [0.3, 0.4) is 0 Å². The first kappa shape index (κ1) is 14.9. The molecule has 22 heavy (non-hydrogen) atoms. The molecule has 2 aliphatic heterocycles. The van der Waals surface area contributed by atoms with Gasteiger partial charge >= 0.3 is 6.03 Å². The third-order valence-electron chi connectivity index (χ3n) is 4.77. The summed E-state index contributed by atoms with van der Waals surface area (Å²) in [6.07, 6.45) is 3.51. The van der Waals surface area contributed by atoms with E-state index in [1.54, 1.807) is 4.90 Å². The fourth-order valence-electron chi connectivity index (χ4n) is 3.44. The van der Waals surface area contributed by atoms with Crippen LogP contribution >= 0.6 is 0 Å². The van der Waals surface area contributed by atoms with Crippen molar-refractivity contribution in [3.63, 3.8) is 0 Å². The number of benzene rings is 1. The monoisotopic (exact) mass is 301 g/mol. The van der Waals surface area contributed by atoms with Crippen LogP contribution in [0.4, 0.5) is 4.79 Å². The van der Waals surface area contributed by atoms with Crippen LogP contribution in [-0.2, 0) is 11.2 Å². The zero-order valence-electron chi connectivity index (χ0n) is 12.8. The Morgan fingerprint density at radius 1 is 1.27 bits per heavy atom. The quantitative estimate of drug-likeness (QED) is 0.889. The highest BCUT2D eigenvalue weighted by molar-refractivity contribution is 5.85. The molecule has 2 aliphatic rings. The van der Waals surface area contributed by atoms with Gasteiger partial charge in [-0.15, -0.1) is 0 Å². The van der Waals surface area contributed by atoms with Crippen LogP contribution in [0.5, 0.6) is 0 Å². The van der Waals surface area contributed by atoms with E-state index in [4.69, 9.17) is 0 Å². The Kier molecular flexibility index (Phi) is 4.32. The lowest BCUT2D eigenvalue weighted by atomic mass is 9.79. The summed E-state index contributed by atoms with van der Waals surface area (Å²) in [5.41, 5.74) is 0.877. The van der Waals surface area contributed by atoms with Gasteiger partial charge in [0, 0.05) is 26.2 Å². The van der Waals surface area contributed by atoms with Crippen LogP contribution in [0.15, 0.2) is 30.3 Å². The molecule has 2 fully saturated rings. The molecule has 1 spiro atoms. The lowest BCUT2D eigenvalue weighted by Crippen LogP contribution is -2.49. The maximum Gasteiger partial charge on any atom is 0.317 e. The number of hydrogen-bond acceptors (Lipinski definition) is 2. The van der Waals surface area contributed by atoms with E-state index in [0.717, 1.165) is 32.2 Å². The second-order valence-corrected chi connectivity index (χ2v) is 6.28. The van der Waals surface area contributed by atoms with Crippen LogP contribution < -0.4 is 10.6 Å². The Bertz CT molecular complexity index is 546. The summed E-state index contributed by atoms with van der Waals surface area (Å²) in [7, 11) is 0. The summed E-state index contributed by atoms with van der Waals surface area (Å²) < 4.78 is 0. The van der Waals surface area contributed by atoms with Crippen molar-refractivity contribution in [1.82, 2.24) is 15.5 Å². The van der Waals surface area contributed by atoms with E-state index in [1.807, 2.05) is 18.2 Å². The SMILES string of the molecule is O=C(NCCc1ccccc1)N1CCC2(CCCNC2=O)C1. The van der Waals surface area contributed by atoms with Crippen molar-refractivity contribution in [1.29, 1.82) is 0 Å². The van der Waals surface area contributed by atoms with E-state index in [0.29, 0.717) is 19.6 Å². The smallest absolute Gasteiger partial charge is 0.317 e. The number of nitrogens with zero attached hydrogens (tertiary/aromatic N) is 1. The van der Waals surface area contributed by atoms with Crippen molar-refractivity contribution in [3.8, 4) is 0 Å². The van der Waals surface area contributed by atoms with Crippen LogP contribution in [-0.4, -0.2) is 43.0 Å². The van der Waals surface area contributed by atoms with E-state index in [1.165, 1.54) is 5.56 Å². The van der Waals surface area contributed by atoms with Gasteiger partial charge in [-0.3, -0.25) is 4.79 Å². The highest BCUT2D eigenvalue weighted by Crippen LogP contribution is 2.37. The molecule has 118 valence electrons. The lowest BCUT2D eigenvalue weighted by Gasteiger charge is -2.32. The normalized spacial score (nSPS) is 24.4. The van der Waals surface area contributed by atoms with Gasteiger partial charge in [-0.1, -0.05) is 30.3 Å². The number of piperidine rings is 1. The minimum Gasteiger partial charge on any atom is -0.356 e. The number of likely N-dealkylation sites (tertiary alicyclic amines) is 1. The molecule has 2 N–H and O–H groups in total. The summed E-state index contributed by atoms with van der Waals surface area (Å²) >= 11 is 0. The van der Waals surface area contributed by atoms with Gasteiger partial charge in [0.15, 0.2) is 0 Å². The van der Waals surface area contributed by atoms with Crippen molar-refractivity contribution in [2.45, 2.75) is 25.7 Å². The second-order valence-electron chi connectivity index (χ2n) is 6.28. The fraction of sp³-hybridized carbons (Fsp3) is 0.529. The van der Waals surface area contributed by atoms with E-state index in [2.05, 4.69) is 22.8 Å². The van der Waals surface area contributed by atoms with Gasteiger partial charge in [-0.25, -0.2) is 4.79 Å². The Labute approximate surface area is 131 Å². The first-order chi connectivity index (χ1) is 10.7. The maximum atomic E-state index is 12.3. The first-order valence-electron chi connectivity index (χ1n) is 8.05. The number of hydrogen-bond donors (Lipinski definition) is 2. The fourth-order valence-corrected chi connectivity index (χ4v) is 3.44. The van der Waals surface area contributed by atoms with Crippen LogP contribution in [0.1, 0.15) is 24.8 Å². The van der Waals surface area contributed by atoms with E-state index >= 15 is 0 Å². The zero-order valence-corrected chi connectivity index (χ0v) is 12.8. The van der Waals surface area contributed by atoms with Crippen molar-refractivity contribution in [2.24, 2.45) is 5.41 Å². The second kappa shape index (κ2) is 6.38. The highest BCUT2D eigenvalue weighted by Gasteiger charge is 2.46. The minimum atomic E-state index is -0.338. The molecule has 1 unspecified atom stereocenters. The van der Waals surface area contributed by atoms with Crippen molar-refractivity contribution in [3.05, 3.63) is 35.9 Å². The summed E-state index contributed by atoms with van der Waals surface area (Å²) in [6, 6.07) is 10.1. The molecule has 0 aromatic heterocycles. The molecule has 1 aromatic carbocycles. The van der Waals surface area contributed by atoms with Gasteiger partial charge in [0.05, 0.1) is 5.41 Å². The van der Waals surface area contributed by atoms with E-state index in [9.17, 15) is 9.59 Å². The molecule has 3 amide bonds. The molecule has 2 saturated heterocycles. The van der Waals surface area contributed by atoms with Gasteiger partial charge in [0.1, 0.15) is 0 Å². The summed E-state index contributed by atoms with van der Waals surface area (Å²) in [5.74, 6) is 0.123. The van der Waals surface area contributed by atoms with Crippen LogP contribution in [0.25, 0.3) is 0 Å². The van der Waals surface area contributed by atoms with Crippen molar-refractivity contribution in [2.75, 3.05) is 26.2 Å². The number of amides is 3. The molecule has 0 saturated carbocycles. The minimum absolute atomic E-state index is 0.0498. The largest absolute Gasteiger partial charge is 0.356 e. The third-order valence-corrected chi connectivity index (χ3v) is 4.77. The molecule has 1 atom stereocenters. The number of rotatable bonds is 3. The molecule has 5 nitrogen and oxygen atoms in total. The Hall–Kier alpha value is -2.04.